The van der Waals surface area contributed by atoms with Gasteiger partial charge in [-0.1, -0.05) is 67.6 Å². The lowest BCUT2D eigenvalue weighted by atomic mass is 9.95. The van der Waals surface area contributed by atoms with E-state index in [0.717, 1.165) is 36.8 Å². The Hall–Kier alpha value is -2.58. The highest BCUT2D eigenvalue weighted by Gasteiger charge is 2.30. The summed E-state index contributed by atoms with van der Waals surface area (Å²) >= 11 is 6.06. The van der Waals surface area contributed by atoms with Crippen molar-refractivity contribution in [3.63, 3.8) is 0 Å². The van der Waals surface area contributed by atoms with Gasteiger partial charge in [0, 0.05) is 30.6 Å². The molecule has 0 aliphatic heterocycles. The Bertz CT molecular complexity index is 1160. The van der Waals surface area contributed by atoms with Crippen molar-refractivity contribution in [2.75, 3.05) is 17.1 Å². The van der Waals surface area contributed by atoms with Crippen LogP contribution in [-0.2, 0) is 26.2 Å². The largest absolute Gasteiger partial charge is 0.352 e. The summed E-state index contributed by atoms with van der Waals surface area (Å²) in [7, 11) is -3.52. The normalized spacial score (nSPS) is 15.1. The van der Waals surface area contributed by atoms with Crippen molar-refractivity contribution in [1.82, 2.24) is 10.2 Å². The number of nitrogens with zero attached hydrogens (tertiary/aromatic N) is 2. The third-order valence-electron chi connectivity index (χ3n) is 7.08. The molecule has 1 N–H and O–H groups in total. The van der Waals surface area contributed by atoms with E-state index in [9.17, 15) is 18.0 Å². The second-order valence-corrected chi connectivity index (χ2v) is 12.5. The number of sulfonamides is 1. The average molecular weight is 562 g/mol. The molecule has 0 saturated heterocycles. The van der Waals surface area contributed by atoms with Gasteiger partial charge < -0.3 is 10.2 Å². The van der Waals surface area contributed by atoms with Crippen LogP contribution in [0.2, 0.25) is 5.02 Å². The topological polar surface area (TPSA) is 86.8 Å². The minimum absolute atomic E-state index is 0.124. The Morgan fingerprint density at radius 3 is 2.24 bits per heavy atom. The van der Waals surface area contributed by atoms with Crippen molar-refractivity contribution in [3.05, 3.63) is 64.7 Å². The number of nitrogens with one attached hydrogen (secondary N) is 1. The van der Waals surface area contributed by atoms with Crippen LogP contribution in [0.5, 0.6) is 0 Å². The third kappa shape index (κ3) is 8.73. The van der Waals surface area contributed by atoms with Crippen molar-refractivity contribution in [1.29, 1.82) is 0 Å². The molecule has 2 amide bonds. The van der Waals surface area contributed by atoms with Gasteiger partial charge in [0.2, 0.25) is 21.8 Å². The van der Waals surface area contributed by atoms with Gasteiger partial charge in [0.25, 0.3) is 0 Å². The van der Waals surface area contributed by atoms with Crippen LogP contribution in [0, 0.1) is 6.92 Å². The Morgan fingerprint density at radius 2 is 1.66 bits per heavy atom. The van der Waals surface area contributed by atoms with E-state index < -0.39 is 16.1 Å². The lowest BCUT2D eigenvalue weighted by molar-refractivity contribution is -0.141. The summed E-state index contributed by atoms with van der Waals surface area (Å²) in [5.41, 5.74) is 2.48. The van der Waals surface area contributed by atoms with E-state index in [0.29, 0.717) is 23.6 Å². The molecule has 0 spiro atoms. The fraction of sp³-hybridized carbons (Fsp3) is 0.517. The number of carbonyl (C=O) groups excluding carboxylic acids is 2. The van der Waals surface area contributed by atoms with Gasteiger partial charge in [-0.3, -0.25) is 13.9 Å². The Balaban J connectivity index is 1.74. The fourth-order valence-corrected chi connectivity index (χ4v) is 6.06. The van der Waals surface area contributed by atoms with E-state index in [2.05, 4.69) is 5.32 Å². The van der Waals surface area contributed by atoms with Gasteiger partial charge in [-0.05, 0) is 62.4 Å². The highest BCUT2D eigenvalue weighted by molar-refractivity contribution is 7.92. The number of amides is 2. The average Bonchev–Trinajstić information content (AvgIpc) is 2.88. The molecule has 38 heavy (non-hydrogen) atoms. The van der Waals surface area contributed by atoms with Crippen LogP contribution in [0.1, 0.15) is 69.4 Å². The number of rotatable bonds is 12. The Kier molecular flexibility index (Phi) is 11.0. The lowest BCUT2D eigenvalue weighted by Gasteiger charge is -2.33. The quantitative estimate of drug-likeness (QED) is 0.373. The summed E-state index contributed by atoms with van der Waals surface area (Å²) in [6.45, 7) is 4.31. The van der Waals surface area contributed by atoms with Gasteiger partial charge in [-0.25, -0.2) is 8.42 Å². The first-order chi connectivity index (χ1) is 18.1. The molecule has 7 nitrogen and oxygen atoms in total. The molecular formula is C29H40ClN3O4S. The van der Waals surface area contributed by atoms with E-state index in [-0.39, 0.29) is 37.4 Å². The van der Waals surface area contributed by atoms with Crippen LogP contribution in [0.3, 0.4) is 0 Å². The van der Waals surface area contributed by atoms with E-state index >= 15 is 0 Å². The number of aryl methyl sites for hydroxylation is 1. The number of benzene rings is 2. The molecule has 0 bridgehead atoms. The molecule has 3 rings (SSSR count). The number of halogens is 1. The monoisotopic (exact) mass is 561 g/mol. The Morgan fingerprint density at radius 1 is 1.03 bits per heavy atom. The summed E-state index contributed by atoms with van der Waals surface area (Å²) in [6.07, 6.45) is 7.44. The van der Waals surface area contributed by atoms with Gasteiger partial charge in [-0.15, -0.1) is 0 Å². The van der Waals surface area contributed by atoms with Crippen molar-refractivity contribution >= 4 is 39.1 Å². The van der Waals surface area contributed by atoms with E-state index in [4.69, 9.17) is 11.6 Å². The van der Waals surface area contributed by atoms with E-state index in [1.54, 1.807) is 29.2 Å². The van der Waals surface area contributed by atoms with Gasteiger partial charge in [0.1, 0.15) is 6.04 Å². The summed E-state index contributed by atoms with van der Waals surface area (Å²) in [6, 6.07) is 14.1. The maximum absolute atomic E-state index is 13.6. The zero-order chi connectivity index (χ0) is 27.7. The molecule has 0 radical (unpaired) electrons. The lowest BCUT2D eigenvalue weighted by Crippen LogP contribution is -2.51. The zero-order valence-corrected chi connectivity index (χ0v) is 24.2. The second-order valence-electron chi connectivity index (χ2n) is 10.2. The summed E-state index contributed by atoms with van der Waals surface area (Å²) in [5, 5.41) is 3.78. The molecule has 2 aromatic rings. The maximum atomic E-state index is 13.6. The standard InChI is InChI=1S/C29H40ClN3O4S/c1-4-27(29(35)31-25-9-6-5-7-10-25)32(21-23-14-16-24(30)17-15-23)28(34)11-8-20-33(38(3,36)37)26-18-12-22(2)13-19-26/h12-19,25,27H,4-11,20-21H2,1-3H3,(H,31,35)/t27-/m0/s1. The highest BCUT2D eigenvalue weighted by Crippen LogP contribution is 2.22. The van der Waals surface area contributed by atoms with Crippen LogP contribution >= 0.6 is 11.6 Å². The van der Waals surface area contributed by atoms with Gasteiger partial charge >= 0.3 is 0 Å². The maximum Gasteiger partial charge on any atom is 0.243 e. The van der Waals surface area contributed by atoms with E-state index in [1.165, 1.54) is 17.0 Å². The van der Waals surface area contributed by atoms with Gasteiger partial charge in [0.15, 0.2) is 0 Å². The first-order valence-corrected chi connectivity index (χ1v) is 15.7. The zero-order valence-electron chi connectivity index (χ0n) is 22.7. The molecule has 1 saturated carbocycles. The van der Waals surface area contributed by atoms with Crippen LogP contribution in [0.4, 0.5) is 5.69 Å². The summed E-state index contributed by atoms with van der Waals surface area (Å²) in [4.78, 5) is 28.6. The molecule has 0 heterocycles. The molecule has 1 fully saturated rings. The fourth-order valence-electron chi connectivity index (χ4n) is 4.97. The minimum atomic E-state index is -3.52. The molecule has 1 aliphatic carbocycles. The second kappa shape index (κ2) is 14.0. The number of hydrogen-bond donors (Lipinski definition) is 1. The predicted octanol–water partition coefficient (Wildman–Crippen LogP) is 5.45. The van der Waals surface area contributed by atoms with Gasteiger partial charge in [-0.2, -0.15) is 0 Å². The first kappa shape index (κ1) is 30.0. The molecule has 1 aliphatic rings. The van der Waals surface area contributed by atoms with Gasteiger partial charge in [0.05, 0.1) is 11.9 Å². The number of hydrogen-bond acceptors (Lipinski definition) is 4. The number of carbonyl (C=O) groups is 2. The van der Waals surface area contributed by atoms with Crippen LogP contribution in [0.15, 0.2) is 48.5 Å². The van der Waals surface area contributed by atoms with Crippen molar-refractivity contribution in [2.24, 2.45) is 0 Å². The predicted molar refractivity (Wildman–Crippen MR) is 154 cm³/mol. The summed E-state index contributed by atoms with van der Waals surface area (Å²) in [5.74, 6) is -0.304. The molecule has 0 aromatic heterocycles. The molecule has 9 heteroatoms. The summed E-state index contributed by atoms with van der Waals surface area (Å²) < 4.78 is 26.3. The molecule has 2 aromatic carbocycles. The Labute approximate surface area is 232 Å². The highest BCUT2D eigenvalue weighted by atomic mass is 35.5. The van der Waals surface area contributed by atoms with Crippen LogP contribution in [0.25, 0.3) is 0 Å². The van der Waals surface area contributed by atoms with Crippen molar-refractivity contribution in [2.45, 2.75) is 83.8 Å². The van der Waals surface area contributed by atoms with Crippen molar-refractivity contribution in [3.8, 4) is 0 Å². The van der Waals surface area contributed by atoms with Crippen molar-refractivity contribution < 1.29 is 18.0 Å². The smallest absolute Gasteiger partial charge is 0.243 e. The molecule has 208 valence electrons. The van der Waals surface area contributed by atoms with Crippen LogP contribution < -0.4 is 9.62 Å². The SMILES string of the molecule is CC[C@@H](C(=O)NC1CCCCC1)N(Cc1ccc(Cl)cc1)C(=O)CCCN(c1ccc(C)cc1)S(C)(=O)=O. The first-order valence-electron chi connectivity index (χ1n) is 13.5. The molecule has 0 unspecified atom stereocenters. The molecule has 1 atom stereocenters. The molecular weight excluding hydrogens is 522 g/mol. The third-order valence-corrected chi connectivity index (χ3v) is 8.52. The van der Waals surface area contributed by atoms with E-state index in [1.807, 2.05) is 38.1 Å². The minimum Gasteiger partial charge on any atom is -0.352 e. The van der Waals surface area contributed by atoms with Crippen LogP contribution in [-0.4, -0.2) is 50.0 Å². The number of anilines is 1.